The first-order chi connectivity index (χ1) is 10.1. The van der Waals surface area contributed by atoms with Gasteiger partial charge in [-0.1, -0.05) is 13.0 Å². The van der Waals surface area contributed by atoms with Gasteiger partial charge in [0.1, 0.15) is 0 Å². The van der Waals surface area contributed by atoms with E-state index in [1.807, 2.05) is 24.7 Å². The van der Waals surface area contributed by atoms with E-state index in [1.165, 1.54) is 0 Å². The van der Waals surface area contributed by atoms with Crippen molar-refractivity contribution >= 4 is 15.9 Å². The molecule has 5 nitrogen and oxygen atoms in total. The van der Waals surface area contributed by atoms with Gasteiger partial charge >= 0.3 is 0 Å². The van der Waals surface area contributed by atoms with Gasteiger partial charge in [0.25, 0.3) is 0 Å². The second kappa shape index (κ2) is 7.04. The Morgan fingerprint density at radius 3 is 2.81 bits per heavy atom. The molecule has 0 fully saturated rings. The van der Waals surface area contributed by atoms with Crippen molar-refractivity contribution in [2.75, 3.05) is 13.7 Å². The molecule has 0 aliphatic heterocycles. The van der Waals surface area contributed by atoms with Crippen LogP contribution in [0.15, 0.2) is 22.8 Å². The van der Waals surface area contributed by atoms with E-state index in [9.17, 15) is 0 Å². The summed E-state index contributed by atoms with van der Waals surface area (Å²) < 4.78 is 8.38. The minimum absolute atomic E-state index is 0.129. The lowest BCUT2D eigenvalue weighted by molar-refractivity contribution is 0.381. The van der Waals surface area contributed by atoms with Crippen LogP contribution in [0.2, 0.25) is 0 Å². The van der Waals surface area contributed by atoms with Gasteiger partial charge in [-0.3, -0.25) is 4.68 Å². The zero-order chi connectivity index (χ0) is 15.4. The highest BCUT2D eigenvalue weighted by Gasteiger charge is 2.20. The molecule has 1 N–H and O–H groups in total. The third-order valence-corrected chi connectivity index (χ3v) is 4.51. The SMILES string of the molecule is CCNC(Cc1c(Br)c(C)nn1C)c1cccnc1OC. The second-order valence-corrected chi connectivity index (χ2v) is 5.68. The summed E-state index contributed by atoms with van der Waals surface area (Å²) in [5.74, 6) is 0.665. The summed E-state index contributed by atoms with van der Waals surface area (Å²) in [6.07, 6.45) is 2.56. The van der Waals surface area contributed by atoms with Crippen LogP contribution in [0, 0.1) is 6.92 Å². The predicted octanol–water partition coefficient (Wildman–Crippen LogP) is 2.79. The number of aryl methyl sites for hydroxylation is 2. The van der Waals surface area contributed by atoms with Crippen LogP contribution in [0.1, 0.15) is 29.9 Å². The fraction of sp³-hybridized carbons (Fsp3) is 0.467. The number of nitrogens with one attached hydrogen (secondary N) is 1. The van der Waals surface area contributed by atoms with Crippen molar-refractivity contribution in [2.45, 2.75) is 26.3 Å². The summed E-state index contributed by atoms with van der Waals surface area (Å²) in [6.45, 7) is 4.97. The first kappa shape index (κ1) is 16.0. The summed E-state index contributed by atoms with van der Waals surface area (Å²) in [6, 6.07) is 4.12. The maximum absolute atomic E-state index is 5.39. The third-order valence-electron chi connectivity index (χ3n) is 3.48. The van der Waals surface area contributed by atoms with Crippen LogP contribution in [0.4, 0.5) is 0 Å². The molecule has 6 heteroatoms. The fourth-order valence-electron chi connectivity index (χ4n) is 2.47. The molecule has 0 saturated carbocycles. The molecular weight excluding hydrogens is 332 g/mol. The quantitative estimate of drug-likeness (QED) is 0.868. The van der Waals surface area contributed by atoms with Crippen molar-refractivity contribution in [2.24, 2.45) is 7.05 Å². The van der Waals surface area contributed by atoms with Crippen LogP contribution in [-0.2, 0) is 13.5 Å². The van der Waals surface area contributed by atoms with Crippen LogP contribution in [0.5, 0.6) is 5.88 Å². The van der Waals surface area contributed by atoms with Gasteiger partial charge in [0.05, 0.1) is 23.0 Å². The van der Waals surface area contributed by atoms with Crippen molar-refractivity contribution in [3.8, 4) is 5.88 Å². The molecule has 1 atom stereocenters. The number of hydrogen-bond acceptors (Lipinski definition) is 4. The van der Waals surface area contributed by atoms with Crippen LogP contribution >= 0.6 is 15.9 Å². The lowest BCUT2D eigenvalue weighted by atomic mass is 10.0. The largest absolute Gasteiger partial charge is 0.481 e. The number of hydrogen-bond donors (Lipinski definition) is 1. The molecule has 114 valence electrons. The highest BCUT2D eigenvalue weighted by atomic mass is 79.9. The van der Waals surface area contributed by atoms with Crippen LogP contribution in [-0.4, -0.2) is 28.4 Å². The molecule has 0 aromatic carbocycles. The Hall–Kier alpha value is -1.40. The molecule has 2 aromatic rings. The molecule has 0 aliphatic rings. The molecule has 0 radical (unpaired) electrons. The minimum atomic E-state index is 0.129. The molecule has 0 spiro atoms. The number of nitrogens with zero attached hydrogens (tertiary/aromatic N) is 3. The smallest absolute Gasteiger partial charge is 0.217 e. The number of ether oxygens (including phenoxy) is 1. The number of halogens is 1. The Labute approximate surface area is 133 Å². The number of pyridine rings is 1. The lowest BCUT2D eigenvalue weighted by Crippen LogP contribution is -2.24. The molecule has 0 bridgehead atoms. The van der Waals surface area contributed by atoms with Crippen LogP contribution < -0.4 is 10.1 Å². The van der Waals surface area contributed by atoms with E-state index in [1.54, 1.807) is 13.3 Å². The van der Waals surface area contributed by atoms with Gasteiger partial charge in [0.15, 0.2) is 0 Å². The van der Waals surface area contributed by atoms with E-state index in [0.29, 0.717) is 5.88 Å². The van der Waals surface area contributed by atoms with Crippen molar-refractivity contribution in [3.63, 3.8) is 0 Å². The first-order valence-electron chi connectivity index (χ1n) is 6.98. The summed E-state index contributed by atoms with van der Waals surface area (Å²) >= 11 is 3.63. The molecule has 0 aliphatic carbocycles. The molecule has 0 amide bonds. The average Bonchev–Trinajstić information content (AvgIpc) is 2.73. The molecule has 2 rings (SSSR count). The number of methoxy groups -OCH3 is 1. The highest BCUT2D eigenvalue weighted by Crippen LogP contribution is 2.29. The number of rotatable bonds is 6. The van der Waals surface area contributed by atoms with Gasteiger partial charge < -0.3 is 10.1 Å². The van der Waals surface area contributed by atoms with E-state index in [0.717, 1.165) is 34.4 Å². The standard InChI is InChI=1S/C15H21BrN4O/c1-5-17-12(11-7-6-8-18-15(11)21-4)9-13-14(16)10(2)19-20(13)3/h6-8,12,17H,5,9H2,1-4H3. The summed E-state index contributed by atoms with van der Waals surface area (Å²) in [5, 5.41) is 7.96. The normalized spacial score (nSPS) is 12.4. The van der Waals surface area contributed by atoms with E-state index in [2.05, 4.69) is 44.3 Å². The third kappa shape index (κ3) is 3.44. The summed E-state index contributed by atoms with van der Waals surface area (Å²) in [4.78, 5) is 4.30. The Morgan fingerprint density at radius 2 is 2.24 bits per heavy atom. The maximum atomic E-state index is 5.39. The Bertz CT molecular complexity index is 612. The topological polar surface area (TPSA) is 52.0 Å². The second-order valence-electron chi connectivity index (χ2n) is 4.89. The summed E-state index contributed by atoms with van der Waals surface area (Å²) in [5.41, 5.74) is 3.22. The molecule has 2 heterocycles. The van der Waals surface area contributed by atoms with E-state index in [-0.39, 0.29) is 6.04 Å². The van der Waals surface area contributed by atoms with Gasteiger partial charge in [0, 0.05) is 31.3 Å². The van der Waals surface area contributed by atoms with Crippen molar-refractivity contribution < 1.29 is 4.74 Å². The average molecular weight is 353 g/mol. The monoisotopic (exact) mass is 352 g/mol. The van der Waals surface area contributed by atoms with Crippen molar-refractivity contribution in [1.29, 1.82) is 0 Å². The summed E-state index contributed by atoms with van der Waals surface area (Å²) in [7, 11) is 3.62. The van der Waals surface area contributed by atoms with Gasteiger partial charge in [-0.25, -0.2) is 4.98 Å². The van der Waals surface area contributed by atoms with Gasteiger partial charge in [-0.05, 0) is 35.5 Å². The minimum Gasteiger partial charge on any atom is -0.481 e. The molecule has 1 unspecified atom stereocenters. The molecule has 2 aromatic heterocycles. The van der Waals surface area contributed by atoms with Crippen molar-refractivity contribution in [1.82, 2.24) is 20.1 Å². The van der Waals surface area contributed by atoms with E-state index >= 15 is 0 Å². The predicted molar refractivity (Wildman–Crippen MR) is 86.6 cm³/mol. The number of aromatic nitrogens is 3. The van der Waals surface area contributed by atoms with Gasteiger partial charge in [0.2, 0.25) is 5.88 Å². The molecule has 21 heavy (non-hydrogen) atoms. The van der Waals surface area contributed by atoms with E-state index < -0.39 is 0 Å². The van der Waals surface area contributed by atoms with Gasteiger partial charge in [-0.15, -0.1) is 0 Å². The van der Waals surface area contributed by atoms with E-state index in [4.69, 9.17) is 4.74 Å². The van der Waals surface area contributed by atoms with Crippen LogP contribution in [0.3, 0.4) is 0 Å². The first-order valence-corrected chi connectivity index (χ1v) is 7.78. The molecule has 0 saturated heterocycles. The Balaban J connectivity index is 2.35. The highest BCUT2D eigenvalue weighted by molar-refractivity contribution is 9.10. The van der Waals surface area contributed by atoms with Crippen LogP contribution in [0.25, 0.3) is 0 Å². The maximum Gasteiger partial charge on any atom is 0.217 e. The van der Waals surface area contributed by atoms with Gasteiger partial charge in [-0.2, -0.15) is 5.10 Å². The zero-order valence-corrected chi connectivity index (χ0v) is 14.4. The molecular formula is C15H21BrN4O. The lowest BCUT2D eigenvalue weighted by Gasteiger charge is -2.20. The van der Waals surface area contributed by atoms with Crippen molar-refractivity contribution in [3.05, 3.63) is 39.8 Å². The Kier molecular flexibility index (Phi) is 5.36. The fourth-order valence-corrected chi connectivity index (χ4v) is 2.97. The zero-order valence-electron chi connectivity index (χ0n) is 12.9. The Morgan fingerprint density at radius 1 is 1.48 bits per heavy atom. The number of likely N-dealkylation sites (N-methyl/N-ethyl adjacent to an activating group) is 1.